The molecule has 1 spiro atoms. The maximum atomic E-state index is 14.0. The van der Waals surface area contributed by atoms with Gasteiger partial charge in [-0.2, -0.15) is 0 Å². The Morgan fingerprint density at radius 2 is 1.84 bits per heavy atom. The molecule has 3 fully saturated rings. The third-order valence-corrected chi connectivity index (χ3v) is 10.1. The van der Waals surface area contributed by atoms with Crippen LogP contribution in [-0.4, -0.2) is 56.9 Å². The summed E-state index contributed by atoms with van der Waals surface area (Å²) in [7, 11) is 0. The lowest BCUT2D eigenvalue weighted by atomic mass is 9.70. The molecule has 2 bridgehead atoms. The van der Waals surface area contributed by atoms with Crippen LogP contribution in [0, 0.1) is 25.7 Å². The zero-order valence-corrected chi connectivity index (χ0v) is 22.2. The largest absolute Gasteiger partial charge is 0.396 e. The van der Waals surface area contributed by atoms with E-state index in [9.17, 15) is 19.5 Å². The molecule has 5 atom stereocenters. The number of carbonyl (C=O) groups is 3. The fourth-order valence-corrected chi connectivity index (χ4v) is 8.60. The zero-order valence-electron chi connectivity index (χ0n) is 21.4. The number of benzene rings is 2. The highest BCUT2D eigenvalue weighted by Gasteiger charge is 2.73. The van der Waals surface area contributed by atoms with E-state index in [1.807, 2.05) is 62.4 Å². The summed E-state index contributed by atoms with van der Waals surface area (Å²) in [5.41, 5.74) is 3.49. The fourth-order valence-electron chi connectivity index (χ4n) is 6.38. The Hall–Kier alpha value is -2.84. The van der Waals surface area contributed by atoms with Gasteiger partial charge in [-0.1, -0.05) is 30.3 Å². The van der Waals surface area contributed by atoms with Gasteiger partial charge in [0.2, 0.25) is 17.7 Å². The van der Waals surface area contributed by atoms with Gasteiger partial charge in [0.1, 0.15) is 6.04 Å². The number of unbranched alkanes of at least 4 members (excludes halogenated alkanes) is 2. The number of para-hydroxylation sites is 1. The third kappa shape index (κ3) is 4.66. The van der Waals surface area contributed by atoms with Gasteiger partial charge in [0.25, 0.3) is 0 Å². The van der Waals surface area contributed by atoms with Crippen molar-refractivity contribution >= 4 is 40.9 Å². The first-order valence-corrected chi connectivity index (χ1v) is 14.1. The summed E-state index contributed by atoms with van der Waals surface area (Å²) >= 11 is 1.68. The number of amides is 3. The zero-order chi connectivity index (χ0) is 26.2. The topological polar surface area (TPSA) is 98.7 Å². The molecule has 3 amide bonds. The fraction of sp³-hybridized carbons (Fsp3) is 0.483. The smallest absolute Gasteiger partial charge is 0.248 e. The van der Waals surface area contributed by atoms with Crippen LogP contribution in [0.5, 0.6) is 0 Å². The molecule has 3 aliphatic rings. The molecule has 3 N–H and O–H groups in total. The number of anilines is 2. The molecule has 0 aliphatic carbocycles. The highest BCUT2D eigenvalue weighted by molar-refractivity contribution is 8.02. The van der Waals surface area contributed by atoms with Gasteiger partial charge in [0.15, 0.2) is 0 Å². The number of rotatable bonds is 9. The summed E-state index contributed by atoms with van der Waals surface area (Å²) in [4.78, 5) is 43.2. The second-order valence-electron chi connectivity index (χ2n) is 10.5. The Morgan fingerprint density at radius 3 is 2.59 bits per heavy atom. The lowest BCUT2D eigenvalue weighted by molar-refractivity contribution is -0.138. The number of thioether (sulfide) groups is 1. The number of hydrogen-bond donors (Lipinski definition) is 3. The first kappa shape index (κ1) is 25.8. The van der Waals surface area contributed by atoms with Crippen molar-refractivity contribution in [3.05, 3.63) is 59.7 Å². The predicted molar refractivity (Wildman–Crippen MR) is 146 cm³/mol. The summed E-state index contributed by atoms with van der Waals surface area (Å²) in [6.07, 6.45) is 3.70. The van der Waals surface area contributed by atoms with Crippen LogP contribution >= 0.6 is 11.8 Å². The minimum atomic E-state index is -0.636. The SMILES string of the molecule is Cc1ccc(C)c(NC(=O)C2N(CCCCCO)C(=O)[C@@H]3[C@H](C(=O)Nc4ccccc4)[C@@H]4CCC23S4)c1. The average Bonchev–Trinajstić information content (AvgIpc) is 3.52. The Labute approximate surface area is 222 Å². The third-order valence-electron chi connectivity index (χ3n) is 8.10. The van der Waals surface area contributed by atoms with Crippen molar-refractivity contribution in [1.82, 2.24) is 4.90 Å². The molecule has 5 rings (SSSR count). The molecule has 2 unspecified atom stereocenters. The van der Waals surface area contributed by atoms with Crippen molar-refractivity contribution < 1.29 is 19.5 Å². The second kappa shape index (κ2) is 10.5. The summed E-state index contributed by atoms with van der Waals surface area (Å²) in [6.45, 7) is 4.50. The molecule has 3 saturated heterocycles. The van der Waals surface area contributed by atoms with Gasteiger partial charge < -0.3 is 20.6 Å². The van der Waals surface area contributed by atoms with Crippen LogP contribution in [0.25, 0.3) is 0 Å². The molecule has 3 heterocycles. The first-order chi connectivity index (χ1) is 17.9. The highest BCUT2D eigenvalue weighted by Crippen LogP contribution is 2.66. The first-order valence-electron chi connectivity index (χ1n) is 13.2. The summed E-state index contributed by atoms with van der Waals surface area (Å²) < 4.78 is -0.612. The van der Waals surface area contributed by atoms with Gasteiger partial charge in [0.05, 0.1) is 16.6 Å². The van der Waals surface area contributed by atoms with Crippen molar-refractivity contribution in [1.29, 1.82) is 0 Å². The normalized spacial score (nSPS) is 27.9. The summed E-state index contributed by atoms with van der Waals surface area (Å²) in [5.74, 6) is -1.39. The number of nitrogens with one attached hydrogen (secondary N) is 2. The second-order valence-corrected chi connectivity index (χ2v) is 12.1. The molecule has 0 saturated carbocycles. The number of hydrogen-bond acceptors (Lipinski definition) is 5. The molecule has 2 aromatic rings. The number of aryl methyl sites for hydroxylation is 2. The number of aliphatic hydroxyl groups excluding tert-OH is 1. The van der Waals surface area contributed by atoms with Crippen molar-refractivity contribution in [2.24, 2.45) is 11.8 Å². The Kier molecular flexibility index (Phi) is 7.32. The maximum Gasteiger partial charge on any atom is 0.248 e. The molecule has 8 heteroatoms. The minimum Gasteiger partial charge on any atom is -0.396 e. The average molecular weight is 522 g/mol. The van der Waals surface area contributed by atoms with E-state index >= 15 is 0 Å². The van der Waals surface area contributed by atoms with E-state index in [0.29, 0.717) is 25.1 Å². The molecule has 7 nitrogen and oxygen atoms in total. The van der Waals surface area contributed by atoms with Crippen LogP contribution in [0.2, 0.25) is 0 Å². The molecular weight excluding hydrogens is 486 g/mol. The van der Waals surface area contributed by atoms with E-state index in [-0.39, 0.29) is 29.6 Å². The van der Waals surface area contributed by atoms with E-state index in [0.717, 1.165) is 36.1 Å². The van der Waals surface area contributed by atoms with Crippen molar-refractivity contribution in [2.45, 2.75) is 62.0 Å². The van der Waals surface area contributed by atoms with Gasteiger partial charge in [-0.25, -0.2) is 0 Å². The summed E-state index contributed by atoms with van der Waals surface area (Å²) in [5, 5.41) is 15.4. The van der Waals surface area contributed by atoms with Crippen molar-refractivity contribution in [3.63, 3.8) is 0 Å². The number of nitrogens with zero attached hydrogens (tertiary/aromatic N) is 1. The molecular formula is C29H35N3O4S. The van der Waals surface area contributed by atoms with E-state index in [1.165, 1.54) is 0 Å². The molecule has 2 aromatic carbocycles. The van der Waals surface area contributed by atoms with Crippen LogP contribution < -0.4 is 10.6 Å². The lowest BCUT2D eigenvalue weighted by Crippen LogP contribution is -2.51. The van der Waals surface area contributed by atoms with E-state index < -0.39 is 22.6 Å². The highest BCUT2D eigenvalue weighted by atomic mass is 32.2. The maximum absolute atomic E-state index is 14.0. The van der Waals surface area contributed by atoms with Crippen LogP contribution in [0.3, 0.4) is 0 Å². The van der Waals surface area contributed by atoms with Crippen LogP contribution in [0.1, 0.15) is 43.2 Å². The Morgan fingerprint density at radius 1 is 1.05 bits per heavy atom. The number of fused-ring (bicyclic) bond motifs is 1. The molecule has 196 valence electrons. The lowest BCUT2D eigenvalue weighted by Gasteiger charge is -2.34. The molecule has 0 aromatic heterocycles. The van der Waals surface area contributed by atoms with Gasteiger partial charge in [0, 0.05) is 29.8 Å². The van der Waals surface area contributed by atoms with E-state index in [2.05, 4.69) is 10.6 Å². The quantitative estimate of drug-likeness (QED) is 0.431. The molecule has 3 aliphatic heterocycles. The van der Waals surface area contributed by atoms with Crippen LogP contribution in [-0.2, 0) is 14.4 Å². The summed E-state index contributed by atoms with van der Waals surface area (Å²) in [6, 6.07) is 14.6. The van der Waals surface area contributed by atoms with Gasteiger partial charge in [-0.15, -0.1) is 11.8 Å². The van der Waals surface area contributed by atoms with Gasteiger partial charge >= 0.3 is 0 Å². The van der Waals surface area contributed by atoms with Crippen LogP contribution in [0.15, 0.2) is 48.5 Å². The number of likely N-dealkylation sites (tertiary alicyclic amines) is 1. The van der Waals surface area contributed by atoms with Crippen LogP contribution in [0.4, 0.5) is 11.4 Å². The monoisotopic (exact) mass is 521 g/mol. The van der Waals surface area contributed by atoms with E-state index in [1.54, 1.807) is 16.7 Å². The standard InChI is InChI=1S/C29H35N3O4S/c1-18-11-12-19(2)21(17-18)31-27(35)25-29-14-13-22(37-29)23(26(34)30-20-9-5-3-6-10-20)24(29)28(36)32(25)15-7-4-8-16-33/h3,5-6,9-12,17,22-25,33H,4,7-8,13-16H2,1-2H3,(H,30,34)(H,31,35)/t22-,23+,24-,25?,29?/m0/s1. The molecule has 37 heavy (non-hydrogen) atoms. The minimum absolute atomic E-state index is 0.0187. The Bertz CT molecular complexity index is 1190. The van der Waals surface area contributed by atoms with Gasteiger partial charge in [-0.3, -0.25) is 14.4 Å². The number of carbonyl (C=O) groups excluding carboxylic acids is 3. The van der Waals surface area contributed by atoms with Crippen molar-refractivity contribution in [2.75, 3.05) is 23.8 Å². The van der Waals surface area contributed by atoms with Gasteiger partial charge in [-0.05, 0) is 75.3 Å². The predicted octanol–water partition coefficient (Wildman–Crippen LogP) is 4.13. The Balaban J connectivity index is 1.45. The van der Waals surface area contributed by atoms with E-state index in [4.69, 9.17) is 0 Å². The number of aliphatic hydroxyl groups is 1. The van der Waals surface area contributed by atoms with Crippen molar-refractivity contribution in [3.8, 4) is 0 Å². The molecule has 0 radical (unpaired) electrons.